The van der Waals surface area contributed by atoms with E-state index in [9.17, 15) is 4.79 Å². The molecule has 1 unspecified atom stereocenters. The van der Waals surface area contributed by atoms with Crippen LogP contribution >= 0.6 is 11.3 Å². The van der Waals surface area contributed by atoms with Crippen molar-refractivity contribution in [1.82, 2.24) is 4.98 Å². The Hall–Kier alpha value is -0.900. The van der Waals surface area contributed by atoms with Crippen LogP contribution < -0.4 is 0 Å². The van der Waals surface area contributed by atoms with Gasteiger partial charge in [-0.15, -0.1) is 11.3 Å². The predicted molar refractivity (Wildman–Crippen MR) is 56.3 cm³/mol. The summed E-state index contributed by atoms with van der Waals surface area (Å²) in [5.74, 6) is 0. The summed E-state index contributed by atoms with van der Waals surface area (Å²) in [7, 11) is 0. The predicted octanol–water partition coefficient (Wildman–Crippen LogP) is 2.42. The molecule has 14 heavy (non-hydrogen) atoms. The number of carbonyl (C=O) groups excluding carboxylic acids is 1. The van der Waals surface area contributed by atoms with Crippen LogP contribution in [0.4, 0.5) is 0 Å². The van der Waals surface area contributed by atoms with Crippen LogP contribution in [-0.4, -0.2) is 17.6 Å². The molecule has 1 atom stereocenters. The van der Waals surface area contributed by atoms with Gasteiger partial charge in [-0.2, -0.15) is 0 Å². The zero-order chi connectivity index (χ0) is 10.2. The fourth-order valence-electron chi connectivity index (χ4n) is 1.28. The highest BCUT2D eigenvalue weighted by Crippen LogP contribution is 2.13. The second kappa shape index (κ2) is 6.54. The summed E-state index contributed by atoms with van der Waals surface area (Å²) >= 11 is 1.60. The minimum atomic E-state index is -0.00130. The standard InChI is InChI=1S/C10H15NO2S/c1-2-3-4-9(13-8-12)7-10-11-5-6-14-10/h5-6,8-9H,2-4,7H2,1H3. The van der Waals surface area contributed by atoms with Gasteiger partial charge in [-0.05, 0) is 6.42 Å². The van der Waals surface area contributed by atoms with E-state index < -0.39 is 0 Å². The molecule has 1 aromatic heterocycles. The number of carbonyl (C=O) groups is 1. The van der Waals surface area contributed by atoms with E-state index in [1.54, 1.807) is 17.5 Å². The summed E-state index contributed by atoms with van der Waals surface area (Å²) in [6, 6.07) is 0. The number of nitrogens with zero attached hydrogens (tertiary/aromatic N) is 1. The number of unbranched alkanes of at least 4 members (excludes halogenated alkanes) is 1. The number of hydrogen-bond acceptors (Lipinski definition) is 4. The largest absolute Gasteiger partial charge is 0.464 e. The van der Waals surface area contributed by atoms with E-state index in [-0.39, 0.29) is 6.10 Å². The second-order valence-electron chi connectivity index (χ2n) is 3.13. The molecule has 0 spiro atoms. The van der Waals surface area contributed by atoms with Crippen molar-refractivity contribution in [2.45, 2.75) is 38.7 Å². The first-order chi connectivity index (χ1) is 6.86. The molecule has 0 aliphatic heterocycles. The Labute approximate surface area is 88.1 Å². The van der Waals surface area contributed by atoms with Gasteiger partial charge in [0.25, 0.3) is 6.47 Å². The van der Waals surface area contributed by atoms with Crippen molar-refractivity contribution in [3.05, 3.63) is 16.6 Å². The first kappa shape index (κ1) is 11.2. The van der Waals surface area contributed by atoms with Crippen LogP contribution in [0.15, 0.2) is 11.6 Å². The Morgan fingerprint density at radius 2 is 2.57 bits per heavy atom. The van der Waals surface area contributed by atoms with Gasteiger partial charge in [-0.3, -0.25) is 4.79 Å². The lowest BCUT2D eigenvalue weighted by atomic mass is 10.1. The molecule has 0 aromatic carbocycles. The molecule has 0 aliphatic rings. The van der Waals surface area contributed by atoms with E-state index in [4.69, 9.17) is 4.74 Å². The summed E-state index contributed by atoms with van der Waals surface area (Å²) < 4.78 is 5.00. The average Bonchev–Trinajstić information content (AvgIpc) is 2.67. The number of ether oxygens (including phenoxy) is 1. The zero-order valence-electron chi connectivity index (χ0n) is 8.31. The fourth-order valence-corrected chi connectivity index (χ4v) is 1.96. The highest BCUT2D eigenvalue weighted by Gasteiger charge is 2.11. The van der Waals surface area contributed by atoms with Crippen LogP contribution in [0.5, 0.6) is 0 Å². The third-order valence-electron chi connectivity index (χ3n) is 2.01. The van der Waals surface area contributed by atoms with E-state index in [1.807, 2.05) is 5.38 Å². The molecule has 1 aromatic rings. The highest BCUT2D eigenvalue weighted by atomic mass is 32.1. The molecule has 0 bridgehead atoms. The first-order valence-corrected chi connectivity index (χ1v) is 5.72. The lowest BCUT2D eigenvalue weighted by Crippen LogP contribution is -2.15. The van der Waals surface area contributed by atoms with Gasteiger partial charge >= 0.3 is 0 Å². The van der Waals surface area contributed by atoms with Crippen molar-refractivity contribution in [2.24, 2.45) is 0 Å². The van der Waals surface area contributed by atoms with Crippen LogP contribution in [0, 0.1) is 0 Å². The van der Waals surface area contributed by atoms with Gasteiger partial charge in [0, 0.05) is 18.0 Å². The Morgan fingerprint density at radius 3 is 3.14 bits per heavy atom. The summed E-state index contributed by atoms with van der Waals surface area (Å²) in [4.78, 5) is 14.4. The van der Waals surface area contributed by atoms with Gasteiger partial charge in [0.1, 0.15) is 6.10 Å². The van der Waals surface area contributed by atoms with E-state index in [0.717, 1.165) is 30.7 Å². The van der Waals surface area contributed by atoms with Gasteiger partial charge in [0.15, 0.2) is 0 Å². The number of thiazole rings is 1. The number of hydrogen-bond donors (Lipinski definition) is 0. The summed E-state index contributed by atoms with van der Waals surface area (Å²) in [6.45, 7) is 2.66. The lowest BCUT2D eigenvalue weighted by Gasteiger charge is -2.12. The average molecular weight is 213 g/mol. The van der Waals surface area contributed by atoms with Crippen LogP contribution in [0.1, 0.15) is 31.2 Å². The smallest absolute Gasteiger partial charge is 0.293 e. The van der Waals surface area contributed by atoms with Crippen molar-refractivity contribution < 1.29 is 9.53 Å². The maximum atomic E-state index is 10.3. The van der Waals surface area contributed by atoms with Gasteiger partial charge < -0.3 is 4.74 Å². The minimum absolute atomic E-state index is 0.00130. The summed E-state index contributed by atoms with van der Waals surface area (Å²) in [6.07, 6.45) is 5.65. The SMILES string of the molecule is CCCCC(Cc1nccs1)OC=O. The van der Waals surface area contributed by atoms with Crippen molar-refractivity contribution in [1.29, 1.82) is 0 Å². The third-order valence-corrected chi connectivity index (χ3v) is 2.82. The molecule has 0 aliphatic carbocycles. The molecule has 0 fully saturated rings. The molecule has 0 amide bonds. The van der Waals surface area contributed by atoms with Crippen LogP contribution in [0.25, 0.3) is 0 Å². The number of rotatable bonds is 7. The Kier molecular flexibility index (Phi) is 5.22. The molecule has 0 N–H and O–H groups in total. The number of aromatic nitrogens is 1. The molecular weight excluding hydrogens is 198 g/mol. The molecule has 1 heterocycles. The van der Waals surface area contributed by atoms with Gasteiger partial charge in [0.05, 0.1) is 5.01 Å². The topological polar surface area (TPSA) is 39.2 Å². The van der Waals surface area contributed by atoms with Gasteiger partial charge in [-0.1, -0.05) is 19.8 Å². The van der Waals surface area contributed by atoms with Crippen LogP contribution in [-0.2, 0) is 16.0 Å². The van der Waals surface area contributed by atoms with Gasteiger partial charge in [0.2, 0.25) is 0 Å². The van der Waals surface area contributed by atoms with E-state index in [2.05, 4.69) is 11.9 Å². The zero-order valence-corrected chi connectivity index (χ0v) is 9.13. The first-order valence-electron chi connectivity index (χ1n) is 4.84. The van der Waals surface area contributed by atoms with Gasteiger partial charge in [-0.25, -0.2) is 4.98 Å². The molecule has 0 radical (unpaired) electrons. The third kappa shape index (κ3) is 3.87. The Bertz CT molecular complexity index is 249. The van der Waals surface area contributed by atoms with Crippen molar-refractivity contribution in [3.8, 4) is 0 Å². The molecule has 1 rings (SSSR count). The molecule has 78 valence electrons. The monoisotopic (exact) mass is 213 g/mol. The second-order valence-corrected chi connectivity index (χ2v) is 4.11. The highest BCUT2D eigenvalue weighted by molar-refractivity contribution is 7.09. The molecule has 0 saturated heterocycles. The summed E-state index contributed by atoms with van der Waals surface area (Å²) in [5, 5.41) is 2.97. The quantitative estimate of drug-likeness (QED) is 0.653. The van der Waals surface area contributed by atoms with Crippen LogP contribution in [0.2, 0.25) is 0 Å². The molecular formula is C10H15NO2S. The molecule has 3 nitrogen and oxygen atoms in total. The van der Waals surface area contributed by atoms with Crippen molar-refractivity contribution in [3.63, 3.8) is 0 Å². The fraction of sp³-hybridized carbons (Fsp3) is 0.600. The van der Waals surface area contributed by atoms with E-state index >= 15 is 0 Å². The Balaban J connectivity index is 2.38. The normalized spacial score (nSPS) is 12.4. The van der Waals surface area contributed by atoms with Crippen molar-refractivity contribution in [2.75, 3.05) is 0 Å². The maximum absolute atomic E-state index is 10.3. The lowest BCUT2D eigenvalue weighted by molar-refractivity contribution is -0.133. The Morgan fingerprint density at radius 1 is 1.71 bits per heavy atom. The van der Waals surface area contributed by atoms with E-state index in [1.165, 1.54) is 0 Å². The van der Waals surface area contributed by atoms with Crippen molar-refractivity contribution >= 4 is 17.8 Å². The summed E-state index contributed by atoms with van der Waals surface area (Å²) in [5.41, 5.74) is 0. The minimum Gasteiger partial charge on any atom is -0.464 e. The molecule has 0 saturated carbocycles. The van der Waals surface area contributed by atoms with E-state index in [0.29, 0.717) is 6.47 Å². The maximum Gasteiger partial charge on any atom is 0.293 e. The van der Waals surface area contributed by atoms with Crippen LogP contribution in [0.3, 0.4) is 0 Å². The molecule has 4 heteroatoms.